The number of ether oxygens (including phenoxy) is 1. The molecule has 0 fully saturated rings. The maximum Gasteiger partial charge on any atom is 0.195 e. The van der Waals surface area contributed by atoms with Crippen LogP contribution in [0.4, 0.5) is 0 Å². The van der Waals surface area contributed by atoms with E-state index in [9.17, 15) is 0 Å². The van der Waals surface area contributed by atoms with Crippen molar-refractivity contribution in [3.05, 3.63) is 58.9 Å². The average molecular weight is 292 g/mol. The Morgan fingerprint density at radius 2 is 1.91 bits per heavy atom. The Hall–Kier alpha value is -2.16. The van der Waals surface area contributed by atoms with Crippen molar-refractivity contribution in [3.8, 4) is 5.75 Å². The number of para-hydroxylation sites is 1. The number of pyridine rings is 1. The van der Waals surface area contributed by atoms with Crippen LogP contribution in [0.15, 0.2) is 41.5 Å². The molecule has 1 aromatic heterocycles. The highest BCUT2D eigenvalue weighted by Gasteiger charge is 2.28. The van der Waals surface area contributed by atoms with Crippen LogP contribution in [0.5, 0.6) is 5.75 Å². The van der Waals surface area contributed by atoms with Crippen LogP contribution in [-0.2, 0) is 12.8 Å². The van der Waals surface area contributed by atoms with Crippen LogP contribution in [0.1, 0.15) is 49.1 Å². The van der Waals surface area contributed by atoms with Crippen LogP contribution in [-0.4, -0.2) is 16.4 Å². The molecule has 0 spiro atoms. The zero-order valence-electron chi connectivity index (χ0n) is 13.1. The molecule has 0 atom stereocenters. The summed E-state index contributed by atoms with van der Waals surface area (Å²) in [5.41, 5.74) is 5.25. The third-order valence-electron chi connectivity index (χ3n) is 4.33. The van der Waals surface area contributed by atoms with Crippen molar-refractivity contribution >= 4 is 5.71 Å². The standard InChI is InChI=1S/C19H20N2O/c1-19(2)21-18(15-8-4-6-10-17(15)22-19)14-11-13-7-3-5-9-16(13)20-12-14/h4,6,8,10-12H,3,5,7,9H2,1-2H3. The fourth-order valence-corrected chi connectivity index (χ4v) is 3.31. The molecule has 0 bridgehead atoms. The lowest BCUT2D eigenvalue weighted by Crippen LogP contribution is -2.32. The molecule has 0 N–H and O–H groups in total. The number of nitrogens with zero attached hydrogens (tertiary/aromatic N) is 2. The largest absolute Gasteiger partial charge is 0.466 e. The monoisotopic (exact) mass is 292 g/mol. The summed E-state index contributed by atoms with van der Waals surface area (Å²) in [6.45, 7) is 3.99. The van der Waals surface area contributed by atoms with Gasteiger partial charge in [-0.1, -0.05) is 12.1 Å². The Morgan fingerprint density at radius 3 is 2.82 bits per heavy atom. The number of aromatic nitrogens is 1. The predicted octanol–water partition coefficient (Wildman–Crippen LogP) is 3.93. The van der Waals surface area contributed by atoms with E-state index >= 15 is 0 Å². The summed E-state index contributed by atoms with van der Waals surface area (Å²) < 4.78 is 5.98. The maximum atomic E-state index is 5.98. The fourth-order valence-electron chi connectivity index (χ4n) is 3.31. The first kappa shape index (κ1) is 13.5. The molecule has 0 saturated carbocycles. The summed E-state index contributed by atoms with van der Waals surface area (Å²) in [5, 5.41) is 0. The van der Waals surface area contributed by atoms with Gasteiger partial charge in [-0.15, -0.1) is 0 Å². The van der Waals surface area contributed by atoms with Gasteiger partial charge in [-0.3, -0.25) is 4.98 Å². The van der Waals surface area contributed by atoms with E-state index in [0.717, 1.165) is 35.4 Å². The van der Waals surface area contributed by atoms with Gasteiger partial charge in [0, 0.05) is 23.0 Å². The summed E-state index contributed by atoms with van der Waals surface area (Å²) >= 11 is 0. The van der Waals surface area contributed by atoms with Gasteiger partial charge in [0.05, 0.1) is 5.71 Å². The van der Waals surface area contributed by atoms with Gasteiger partial charge in [0.2, 0.25) is 0 Å². The molecular formula is C19H20N2O. The molecule has 2 aromatic rings. The van der Waals surface area contributed by atoms with Crippen LogP contribution in [0.2, 0.25) is 0 Å². The molecule has 0 radical (unpaired) electrons. The topological polar surface area (TPSA) is 34.5 Å². The Morgan fingerprint density at radius 1 is 1.09 bits per heavy atom. The third-order valence-corrected chi connectivity index (χ3v) is 4.33. The van der Waals surface area contributed by atoms with E-state index in [2.05, 4.69) is 12.1 Å². The molecule has 0 saturated heterocycles. The zero-order chi connectivity index (χ0) is 15.2. The van der Waals surface area contributed by atoms with E-state index in [1.165, 1.54) is 24.1 Å². The molecule has 0 unspecified atom stereocenters. The highest BCUT2D eigenvalue weighted by Crippen LogP contribution is 2.33. The Kier molecular flexibility index (Phi) is 3.03. The lowest BCUT2D eigenvalue weighted by Gasteiger charge is -2.30. The van der Waals surface area contributed by atoms with Crippen molar-refractivity contribution in [1.82, 2.24) is 4.98 Å². The van der Waals surface area contributed by atoms with Crippen molar-refractivity contribution in [3.63, 3.8) is 0 Å². The summed E-state index contributed by atoms with van der Waals surface area (Å²) in [5.74, 6) is 0.898. The maximum absolute atomic E-state index is 5.98. The summed E-state index contributed by atoms with van der Waals surface area (Å²) in [6, 6.07) is 10.4. The number of fused-ring (bicyclic) bond motifs is 2. The third kappa shape index (κ3) is 2.31. The molecule has 2 heterocycles. The molecule has 3 heteroatoms. The fraction of sp³-hybridized carbons (Fsp3) is 0.368. The van der Waals surface area contributed by atoms with E-state index in [-0.39, 0.29) is 0 Å². The molecule has 22 heavy (non-hydrogen) atoms. The van der Waals surface area contributed by atoms with E-state index < -0.39 is 5.72 Å². The average Bonchev–Trinajstić information content (AvgIpc) is 2.53. The minimum atomic E-state index is -0.542. The van der Waals surface area contributed by atoms with Gasteiger partial charge >= 0.3 is 0 Å². The smallest absolute Gasteiger partial charge is 0.195 e. The molecule has 4 rings (SSSR count). The minimum absolute atomic E-state index is 0.542. The number of aliphatic imine (C=N–C) groups is 1. The SMILES string of the molecule is CC1(C)N=C(c2cnc3c(c2)CCCC3)c2ccccc2O1. The molecule has 1 aliphatic carbocycles. The molecule has 2 aliphatic rings. The summed E-state index contributed by atoms with van der Waals surface area (Å²) in [6.07, 6.45) is 6.72. The van der Waals surface area contributed by atoms with Crippen LogP contribution in [0.25, 0.3) is 0 Å². The quantitative estimate of drug-likeness (QED) is 0.798. The van der Waals surface area contributed by atoms with Gasteiger partial charge in [-0.05, 0) is 63.3 Å². The van der Waals surface area contributed by atoms with E-state index in [4.69, 9.17) is 14.7 Å². The van der Waals surface area contributed by atoms with Gasteiger partial charge in [-0.25, -0.2) is 4.99 Å². The second-order valence-corrected chi connectivity index (χ2v) is 6.54. The van der Waals surface area contributed by atoms with Crippen molar-refractivity contribution in [1.29, 1.82) is 0 Å². The van der Waals surface area contributed by atoms with Crippen molar-refractivity contribution < 1.29 is 4.74 Å². The molecule has 1 aliphatic heterocycles. The number of hydrogen-bond acceptors (Lipinski definition) is 3. The summed E-state index contributed by atoms with van der Waals surface area (Å²) in [7, 11) is 0. The first-order chi connectivity index (χ1) is 10.6. The highest BCUT2D eigenvalue weighted by molar-refractivity contribution is 6.15. The first-order valence-electron chi connectivity index (χ1n) is 7.99. The lowest BCUT2D eigenvalue weighted by atomic mass is 9.92. The number of hydrogen-bond donors (Lipinski definition) is 0. The zero-order valence-corrected chi connectivity index (χ0v) is 13.1. The second kappa shape index (κ2) is 4.94. The van der Waals surface area contributed by atoms with E-state index in [0.29, 0.717) is 0 Å². The van der Waals surface area contributed by atoms with Crippen molar-refractivity contribution in [2.75, 3.05) is 0 Å². The normalized spacial score (nSPS) is 18.7. The number of rotatable bonds is 1. The number of aryl methyl sites for hydroxylation is 2. The van der Waals surface area contributed by atoms with Crippen LogP contribution < -0.4 is 4.74 Å². The van der Waals surface area contributed by atoms with Gasteiger partial charge in [0.25, 0.3) is 0 Å². The number of benzene rings is 1. The summed E-state index contributed by atoms with van der Waals surface area (Å²) in [4.78, 5) is 9.52. The first-order valence-corrected chi connectivity index (χ1v) is 7.99. The van der Waals surface area contributed by atoms with Gasteiger partial charge < -0.3 is 4.74 Å². The van der Waals surface area contributed by atoms with Gasteiger partial charge in [0.1, 0.15) is 5.75 Å². The van der Waals surface area contributed by atoms with E-state index in [1.54, 1.807) is 0 Å². The highest BCUT2D eigenvalue weighted by atomic mass is 16.5. The Labute approximate surface area is 131 Å². The van der Waals surface area contributed by atoms with Crippen LogP contribution in [0.3, 0.4) is 0 Å². The molecule has 112 valence electrons. The molecule has 0 amide bonds. The van der Waals surface area contributed by atoms with Crippen LogP contribution >= 0.6 is 0 Å². The van der Waals surface area contributed by atoms with Crippen LogP contribution in [0, 0.1) is 0 Å². The van der Waals surface area contributed by atoms with E-state index in [1.807, 2.05) is 38.2 Å². The molecule has 1 aromatic carbocycles. The van der Waals surface area contributed by atoms with Crippen molar-refractivity contribution in [2.24, 2.45) is 4.99 Å². The minimum Gasteiger partial charge on any atom is -0.466 e. The van der Waals surface area contributed by atoms with Gasteiger partial charge in [0.15, 0.2) is 5.72 Å². The van der Waals surface area contributed by atoms with Crippen molar-refractivity contribution in [2.45, 2.75) is 45.3 Å². The Bertz CT molecular complexity index is 762. The predicted molar refractivity (Wildman–Crippen MR) is 87.7 cm³/mol. The Balaban J connectivity index is 1.85. The second-order valence-electron chi connectivity index (χ2n) is 6.54. The molecule has 3 nitrogen and oxygen atoms in total. The van der Waals surface area contributed by atoms with Gasteiger partial charge in [-0.2, -0.15) is 0 Å². The molecular weight excluding hydrogens is 272 g/mol. The lowest BCUT2D eigenvalue weighted by molar-refractivity contribution is 0.115.